The first-order valence-electron chi connectivity index (χ1n) is 7.18. The van der Waals surface area contributed by atoms with Crippen LogP contribution in [0.15, 0.2) is 35.0 Å². The van der Waals surface area contributed by atoms with E-state index < -0.39 is 12.5 Å². The van der Waals surface area contributed by atoms with Crippen molar-refractivity contribution in [1.82, 2.24) is 10.6 Å². The average Bonchev–Trinajstić information content (AvgIpc) is 3.11. The Balaban J connectivity index is 1.88. The van der Waals surface area contributed by atoms with Gasteiger partial charge in [0.15, 0.2) is 11.5 Å². The van der Waals surface area contributed by atoms with E-state index in [1.54, 1.807) is 0 Å². The van der Waals surface area contributed by atoms with Gasteiger partial charge in [0.25, 0.3) is 5.91 Å². The van der Waals surface area contributed by atoms with E-state index in [9.17, 15) is 18.4 Å². The minimum Gasteiger partial charge on any atom is -0.493 e. The predicted octanol–water partition coefficient (Wildman–Crippen LogP) is 2.40. The standard InChI is InChI=1S/C16H16F2N2O4S/c1-23-13-6-11(2-3-12(13)24-16(17)18)15(22)20-8-14(21)19-7-10-4-5-25-9-10/h2-6,9,16H,7-8H2,1H3,(H,19,21)(H,20,22). The molecule has 0 radical (unpaired) electrons. The first kappa shape index (κ1) is 18.7. The highest BCUT2D eigenvalue weighted by atomic mass is 32.1. The molecular formula is C16H16F2N2O4S. The van der Waals surface area contributed by atoms with Gasteiger partial charge >= 0.3 is 6.61 Å². The number of amides is 2. The summed E-state index contributed by atoms with van der Waals surface area (Å²) in [7, 11) is 1.27. The van der Waals surface area contributed by atoms with E-state index in [4.69, 9.17) is 4.74 Å². The van der Waals surface area contributed by atoms with Crippen LogP contribution in [0.5, 0.6) is 11.5 Å². The molecule has 1 aromatic carbocycles. The molecule has 0 saturated carbocycles. The highest BCUT2D eigenvalue weighted by Crippen LogP contribution is 2.29. The molecule has 0 aliphatic heterocycles. The maximum Gasteiger partial charge on any atom is 0.387 e. The fourth-order valence-corrected chi connectivity index (χ4v) is 2.59. The van der Waals surface area contributed by atoms with Gasteiger partial charge in [-0.15, -0.1) is 0 Å². The first-order chi connectivity index (χ1) is 12.0. The zero-order chi connectivity index (χ0) is 18.2. The van der Waals surface area contributed by atoms with Crippen LogP contribution in [0, 0.1) is 0 Å². The highest BCUT2D eigenvalue weighted by molar-refractivity contribution is 7.07. The Morgan fingerprint density at radius 3 is 2.64 bits per heavy atom. The molecule has 1 heterocycles. The van der Waals surface area contributed by atoms with E-state index in [1.807, 2.05) is 16.8 Å². The van der Waals surface area contributed by atoms with Crippen molar-refractivity contribution in [2.45, 2.75) is 13.2 Å². The molecule has 0 atom stereocenters. The minimum atomic E-state index is -3.00. The van der Waals surface area contributed by atoms with E-state index in [0.717, 1.165) is 5.56 Å². The van der Waals surface area contributed by atoms with E-state index in [0.29, 0.717) is 6.54 Å². The lowest BCUT2D eigenvalue weighted by Gasteiger charge is -2.11. The van der Waals surface area contributed by atoms with Crippen LogP contribution in [0.2, 0.25) is 0 Å². The number of hydrogen-bond acceptors (Lipinski definition) is 5. The monoisotopic (exact) mass is 370 g/mol. The van der Waals surface area contributed by atoms with Crippen LogP contribution >= 0.6 is 11.3 Å². The van der Waals surface area contributed by atoms with Gasteiger partial charge in [0.1, 0.15) is 0 Å². The Morgan fingerprint density at radius 2 is 2.00 bits per heavy atom. The normalized spacial score (nSPS) is 10.4. The quantitative estimate of drug-likeness (QED) is 0.748. The molecule has 2 amide bonds. The van der Waals surface area contributed by atoms with Crippen LogP contribution in [0.3, 0.4) is 0 Å². The molecule has 2 N–H and O–H groups in total. The largest absolute Gasteiger partial charge is 0.493 e. The number of nitrogens with one attached hydrogen (secondary N) is 2. The van der Waals surface area contributed by atoms with Gasteiger partial charge in [-0.05, 0) is 40.6 Å². The molecule has 9 heteroatoms. The molecule has 2 aromatic rings. The van der Waals surface area contributed by atoms with Gasteiger partial charge in [-0.2, -0.15) is 20.1 Å². The topological polar surface area (TPSA) is 76.7 Å². The number of hydrogen-bond donors (Lipinski definition) is 2. The fourth-order valence-electron chi connectivity index (χ4n) is 1.92. The highest BCUT2D eigenvalue weighted by Gasteiger charge is 2.14. The number of ether oxygens (including phenoxy) is 2. The smallest absolute Gasteiger partial charge is 0.387 e. The maximum absolute atomic E-state index is 12.3. The van der Waals surface area contributed by atoms with Crippen molar-refractivity contribution in [1.29, 1.82) is 0 Å². The zero-order valence-corrected chi connectivity index (χ0v) is 14.1. The summed E-state index contributed by atoms with van der Waals surface area (Å²) >= 11 is 1.52. The summed E-state index contributed by atoms with van der Waals surface area (Å²) in [5.74, 6) is -1.06. The number of carbonyl (C=O) groups excluding carboxylic acids is 2. The van der Waals surface area contributed by atoms with Crippen molar-refractivity contribution in [3.05, 3.63) is 46.2 Å². The number of halogens is 2. The van der Waals surface area contributed by atoms with E-state index >= 15 is 0 Å². The lowest BCUT2D eigenvalue weighted by Crippen LogP contribution is -2.36. The van der Waals surface area contributed by atoms with Crippen LogP contribution in [0.1, 0.15) is 15.9 Å². The van der Waals surface area contributed by atoms with Crippen molar-refractivity contribution >= 4 is 23.2 Å². The van der Waals surface area contributed by atoms with Crippen molar-refractivity contribution in [2.24, 2.45) is 0 Å². The SMILES string of the molecule is COc1cc(C(=O)NCC(=O)NCc2ccsc2)ccc1OC(F)F. The van der Waals surface area contributed by atoms with Crippen LogP contribution in [-0.4, -0.2) is 32.1 Å². The van der Waals surface area contributed by atoms with E-state index in [-0.39, 0.29) is 29.5 Å². The second kappa shape index (κ2) is 8.97. The predicted molar refractivity (Wildman–Crippen MR) is 88.1 cm³/mol. The molecule has 134 valence electrons. The summed E-state index contributed by atoms with van der Waals surface area (Å²) in [4.78, 5) is 23.8. The summed E-state index contributed by atoms with van der Waals surface area (Å²) in [6.45, 7) is -2.83. The summed E-state index contributed by atoms with van der Waals surface area (Å²) in [6, 6.07) is 5.66. The third-order valence-electron chi connectivity index (χ3n) is 3.12. The molecule has 25 heavy (non-hydrogen) atoms. The van der Waals surface area contributed by atoms with Gasteiger partial charge in [0, 0.05) is 12.1 Å². The van der Waals surface area contributed by atoms with Crippen LogP contribution in [0.25, 0.3) is 0 Å². The summed E-state index contributed by atoms with van der Waals surface area (Å²) in [6.07, 6.45) is 0. The van der Waals surface area contributed by atoms with Crippen LogP contribution in [0.4, 0.5) is 8.78 Å². The Kier molecular flexibility index (Phi) is 6.70. The Hall–Kier alpha value is -2.68. The van der Waals surface area contributed by atoms with Crippen molar-refractivity contribution < 1.29 is 27.8 Å². The van der Waals surface area contributed by atoms with Crippen LogP contribution < -0.4 is 20.1 Å². The molecular weight excluding hydrogens is 354 g/mol. The van der Waals surface area contributed by atoms with E-state index in [2.05, 4.69) is 15.4 Å². The van der Waals surface area contributed by atoms with Crippen molar-refractivity contribution in [3.8, 4) is 11.5 Å². The number of benzene rings is 1. The van der Waals surface area contributed by atoms with Crippen molar-refractivity contribution in [3.63, 3.8) is 0 Å². The minimum absolute atomic E-state index is 0.00476. The molecule has 0 bridgehead atoms. The number of thiophene rings is 1. The number of carbonyl (C=O) groups is 2. The van der Waals surface area contributed by atoms with E-state index in [1.165, 1.54) is 36.6 Å². The van der Waals surface area contributed by atoms with Gasteiger partial charge in [0.2, 0.25) is 5.91 Å². The lowest BCUT2D eigenvalue weighted by molar-refractivity contribution is -0.120. The number of alkyl halides is 2. The maximum atomic E-state index is 12.3. The summed E-state index contributed by atoms with van der Waals surface area (Å²) in [5, 5.41) is 8.93. The van der Waals surface area contributed by atoms with Crippen molar-refractivity contribution in [2.75, 3.05) is 13.7 Å². The molecule has 0 unspecified atom stereocenters. The lowest BCUT2D eigenvalue weighted by atomic mass is 10.2. The molecule has 0 saturated heterocycles. The Bertz CT molecular complexity index is 723. The summed E-state index contributed by atoms with van der Waals surface area (Å²) in [5.41, 5.74) is 1.13. The molecule has 1 aromatic heterocycles. The van der Waals surface area contributed by atoms with Gasteiger partial charge in [-0.3, -0.25) is 9.59 Å². The Labute approximate surface area is 146 Å². The summed E-state index contributed by atoms with van der Waals surface area (Å²) < 4.78 is 33.8. The van der Waals surface area contributed by atoms with Gasteiger partial charge < -0.3 is 20.1 Å². The average molecular weight is 370 g/mol. The number of methoxy groups -OCH3 is 1. The molecule has 2 rings (SSSR count). The first-order valence-corrected chi connectivity index (χ1v) is 8.12. The van der Waals surface area contributed by atoms with Gasteiger partial charge in [-0.1, -0.05) is 0 Å². The molecule has 0 spiro atoms. The molecule has 0 aliphatic carbocycles. The molecule has 0 aliphatic rings. The fraction of sp³-hybridized carbons (Fsp3) is 0.250. The third-order valence-corrected chi connectivity index (χ3v) is 3.85. The molecule has 6 nitrogen and oxygen atoms in total. The third kappa shape index (κ3) is 5.71. The Morgan fingerprint density at radius 1 is 1.20 bits per heavy atom. The van der Waals surface area contributed by atoms with Gasteiger partial charge in [0.05, 0.1) is 13.7 Å². The number of rotatable bonds is 8. The second-order valence-corrected chi connectivity index (χ2v) is 5.62. The van der Waals surface area contributed by atoms with Crippen LogP contribution in [-0.2, 0) is 11.3 Å². The molecule has 0 fully saturated rings. The zero-order valence-electron chi connectivity index (χ0n) is 13.3. The second-order valence-electron chi connectivity index (χ2n) is 4.84. The van der Waals surface area contributed by atoms with Gasteiger partial charge in [-0.25, -0.2) is 0 Å².